The van der Waals surface area contributed by atoms with E-state index in [9.17, 15) is 9.59 Å². The summed E-state index contributed by atoms with van der Waals surface area (Å²) in [6.45, 7) is 24.0. The molecule has 0 spiro atoms. The van der Waals surface area contributed by atoms with Gasteiger partial charge >= 0.3 is 0 Å². The third-order valence-corrected chi connectivity index (χ3v) is 15.1. The van der Waals surface area contributed by atoms with Crippen LogP contribution >= 0.6 is 9.24 Å². The Morgan fingerprint density at radius 2 is 1.74 bits per heavy atom. The van der Waals surface area contributed by atoms with Crippen LogP contribution in [0.4, 0.5) is 0 Å². The van der Waals surface area contributed by atoms with E-state index < -0.39 is 16.6 Å². The minimum absolute atomic E-state index is 0.0125. The molecule has 0 heterocycles. The molecule has 1 rings (SSSR count). The van der Waals surface area contributed by atoms with Crippen LogP contribution in [0.5, 0.6) is 0 Å². The van der Waals surface area contributed by atoms with Crippen LogP contribution in [-0.4, -0.2) is 33.1 Å². The maximum atomic E-state index is 11.7. The number of hydrogen-bond acceptors (Lipinski definition) is 3. The van der Waals surface area contributed by atoms with Crippen molar-refractivity contribution in [2.45, 2.75) is 96.2 Å². The maximum Gasteiger partial charge on any atom is 0.192 e. The molecule has 1 unspecified atom stereocenters. The Morgan fingerprint density at radius 3 is 2.15 bits per heavy atom. The van der Waals surface area contributed by atoms with Gasteiger partial charge < -0.3 is 9.22 Å². The van der Waals surface area contributed by atoms with Gasteiger partial charge in [-0.25, -0.2) is 0 Å². The van der Waals surface area contributed by atoms with Crippen LogP contribution in [0.3, 0.4) is 0 Å². The third kappa shape index (κ3) is 6.47. The van der Waals surface area contributed by atoms with Gasteiger partial charge in [-0.05, 0) is 73.1 Å². The average molecular weight is 429 g/mol. The van der Waals surface area contributed by atoms with Crippen LogP contribution in [0.15, 0.2) is 23.8 Å². The summed E-state index contributed by atoms with van der Waals surface area (Å²) >= 11 is 0. The number of carbonyl (C=O) groups is 1. The second kappa shape index (κ2) is 8.35. The molecule has 27 heavy (non-hydrogen) atoms. The first-order valence-corrected chi connectivity index (χ1v) is 16.4. The summed E-state index contributed by atoms with van der Waals surface area (Å²) < 4.78 is 6.73. The molecular formula is C21H41O3PSi2. The fraction of sp³-hybridized carbons (Fsp3) is 0.762. The van der Waals surface area contributed by atoms with Crippen molar-refractivity contribution in [1.82, 2.24) is 0 Å². The van der Waals surface area contributed by atoms with Crippen LogP contribution in [0.25, 0.3) is 0 Å². The molecule has 0 bridgehead atoms. The van der Waals surface area contributed by atoms with E-state index in [4.69, 9.17) is 4.43 Å². The molecule has 6 heteroatoms. The van der Waals surface area contributed by atoms with Crippen molar-refractivity contribution < 1.29 is 14.0 Å². The molecule has 1 fully saturated rings. The summed E-state index contributed by atoms with van der Waals surface area (Å²) in [5.74, 6) is 0.234. The zero-order valence-corrected chi connectivity index (χ0v) is 22.1. The highest BCUT2D eigenvalue weighted by atomic mass is 31.0. The molecule has 0 aromatic rings. The zero-order chi connectivity index (χ0) is 21.4. The Morgan fingerprint density at radius 1 is 1.22 bits per heavy atom. The van der Waals surface area contributed by atoms with E-state index in [1.165, 1.54) is 0 Å². The molecule has 0 aliphatic heterocycles. The van der Waals surface area contributed by atoms with Crippen LogP contribution in [0.2, 0.25) is 36.3 Å². The Kier molecular flexibility index (Phi) is 7.73. The molecular weight excluding hydrogens is 387 g/mol. The van der Waals surface area contributed by atoms with Crippen molar-refractivity contribution in [2.75, 3.05) is 0 Å². The van der Waals surface area contributed by atoms with Crippen LogP contribution in [0, 0.1) is 5.92 Å². The fourth-order valence-electron chi connectivity index (χ4n) is 3.20. The topological polar surface area (TPSA) is 46.5 Å². The molecule has 0 aromatic heterocycles. The van der Waals surface area contributed by atoms with E-state index in [0.717, 1.165) is 30.4 Å². The molecule has 0 amide bonds. The number of allylic oxidation sites excluding steroid dienone is 1. The van der Waals surface area contributed by atoms with Crippen LogP contribution in [-0.2, 0) is 9.22 Å². The van der Waals surface area contributed by atoms with Gasteiger partial charge in [-0.1, -0.05) is 56.0 Å². The lowest BCUT2D eigenvalue weighted by atomic mass is 9.76. The molecule has 3 nitrogen and oxygen atoms in total. The fourth-order valence-corrected chi connectivity index (χ4v) is 5.48. The van der Waals surface area contributed by atoms with Gasteiger partial charge in [0, 0.05) is 0 Å². The first kappa shape index (κ1) is 25.0. The van der Waals surface area contributed by atoms with Crippen LogP contribution in [0.1, 0.15) is 53.9 Å². The SMILES string of the molecule is C=C1[C@H](CC(C)(C)[Si](C)(C)O)C/C(=C\C(=O)P)C[C@H]1O[Si](C)(C)C(C)(C)C. The molecule has 156 valence electrons. The lowest BCUT2D eigenvalue weighted by Gasteiger charge is -2.45. The quantitative estimate of drug-likeness (QED) is 0.243. The molecule has 3 atom stereocenters. The molecule has 0 radical (unpaired) electrons. The minimum atomic E-state index is -2.31. The number of hydrogen-bond donors (Lipinski definition) is 1. The Hall–Kier alpha value is -0.0662. The molecule has 1 aliphatic rings. The Bertz CT molecular complexity index is 568. The van der Waals surface area contributed by atoms with Gasteiger partial charge in [-0.2, -0.15) is 0 Å². The van der Waals surface area contributed by atoms with Gasteiger partial charge in [0.25, 0.3) is 0 Å². The van der Waals surface area contributed by atoms with Gasteiger partial charge in [0.2, 0.25) is 0 Å². The highest BCUT2D eigenvalue weighted by molar-refractivity contribution is 7.41. The largest absolute Gasteiger partial charge is 0.432 e. The van der Waals surface area contributed by atoms with Gasteiger partial charge in [-0.3, -0.25) is 4.79 Å². The van der Waals surface area contributed by atoms with E-state index in [2.05, 4.69) is 63.5 Å². The highest BCUT2D eigenvalue weighted by Gasteiger charge is 2.45. The first-order valence-electron chi connectivity index (χ1n) is 9.95. The lowest BCUT2D eigenvalue weighted by Crippen LogP contribution is -2.46. The van der Waals surface area contributed by atoms with E-state index in [-0.39, 0.29) is 27.6 Å². The standard InChI is InChI=1S/C21H41O3PSi2/c1-15-17(14-21(5,6)26(7,8)23)11-16(13-19(22)25)12-18(15)24-27(9,10)20(2,3)4/h13,17-18,23H,1,11-12,14,25H2,2-10H3/b16-13+/t17-,18+/m0/s1. The van der Waals surface area contributed by atoms with Crippen molar-refractivity contribution in [2.24, 2.45) is 5.92 Å². The van der Waals surface area contributed by atoms with Crippen LogP contribution < -0.4 is 0 Å². The van der Waals surface area contributed by atoms with E-state index in [1.54, 1.807) is 6.08 Å². The molecule has 1 N–H and O–H groups in total. The zero-order valence-electron chi connectivity index (χ0n) is 18.9. The minimum Gasteiger partial charge on any atom is -0.432 e. The summed E-state index contributed by atoms with van der Waals surface area (Å²) in [5.41, 5.74) is 2.29. The van der Waals surface area contributed by atoms with Crippen molar-refractivity contribution in [3.63, 3.8) is 0 Å². The normalized spacial score (nSPS) is 24.4. The maximum absolute atomic E-state index is 11.7. The Labute approximate surface area is 171 Å². The summed E-state index contributed by atoms with van der Waals surface area (Å²) in [4.78, 5) is 22.4. The predicted molar refractivity (Wildman–Crippen MR) is 125 cm³/mol. The number of rotatable bonds is 6. The highest BCUT2D eigenvalue weighted by Crippen LogP contribution is 2.49. The molecule has 0 saturated heterocycles. The molecule has 1 saturated carbocycles. The Balaban J connectivity index is 3.18. The van der Waals surface area contributed by atoms with Gasteiger partial charge in [0.15, 0.2) is 22.2 Å². The van der Waals surface area contributed by atoms with Gasteiger partial charge in [0.1, 0.15) is 0 Å². The van der Waals surface area contributed by atoms with Crippen molar-refractivity contribution >= 4 is 31.4 Å². The van der Waals surface area contributed by atoms with Gasteiger partial charge in [0.05, 0.1) is 6.10 Å². The molecule has 0 aromatic carbocycles. The monoisotopic (exact) mass is 428 g/mol. The summed E-state index contributed by atoms with van der Waals surface area (Å²) in [6.07, 6.45) is 4.17. The number of carbonyl (C=O) groups excluding carboxylic acids is 1. The third-order valence-electron chi connectivity index (χ3n) is 6.90. The smallest absolute Gasteiger partial charge is 0.192 e. The van der Waals surface area contributed by atoms with E-state index >= 15 is 0 Å². The molecule has 1 aliphatic carbocycles. The lowest BCUT2D eigenvalue weighted by molar-refractivity contribution is -0.107. The van der Waals surface area contributed by atoms with Gasteiger partial charge in [-0.15, -0.1) is 0 Å². The second-order valence-electron chi connectivity index (χ2n) is 10.9. The van der Waals surface area contributed by atoms with Crippen molar-refractivity contribution in [1.29, 1.82) is 0 Å². The van der Waals surface area contributed by atoms with E-state index in [1.807, 2.05) is 13.1 Å². The predicted octanol–water partition coefficient (Wildman–Crippen LogP) is 6.04. The summed E-state index contributed by atoms with van der Waals surface area (Å²) in [7, 11) is -2.01. The summed E-state index contributed by atoms with van der Waals surface area (Å²) in [6, 6.07) is 0. The van der Waals surface area contributed by atoms with E-state index in [0.29, 0.717) is 0 Å². The second-order valence-corrected chi connectivity index (χ2v) is 20.7. The average Bonchev–Trinajstić information content (AvgIpc) is 2.39. The summed E-state index contributed by atoms with van der Waals surface area (Å²) in [5, 5.41) is -0.00461. The van der Waals surface area contributed by atoms with Crippen molar-refractivity contribution in [3.05, 3.63) is 23.8 Å². The first-order chi connectivity index (χ1) is 11.9. The van der Waals surface area contributed by atoms with Crippen molar-refractivity contribution in [3.8, 4) is 0 Å².